The molecule has 1 N–H and O–H groups in total. The van der Waals surface area contributed by atoms with Gasteiger partial charge >= 0.3 is 0 Å². The van der Waals surface area contributed by atoms with E-state index in [1.54, 1.807) is 0 Å². The standard InChI is InChI=1S/C17H27NO2S/c1-4-9-18-17(15-8-10-21(19,20)12-15)11-16-13(2)6-5-7-14(16)3/h5-7,15,17-18H,4,8-12H2,1-3H3. The van der Waals surface area contributed by atoms with E-state index in [0.717, 1.165) is 25.8 Å². The van der Waals surface area contributed by atoms with Crippen LogP contribution in [0.3, 0.4) is 0 Å². The molecule has 1 aliphatic rings. The quantitative estimate of drug-likeness (QED) is 0.879. The minimum absolute atomic E-state index is 0.251. The maximum atomic E-state index is 11.8. The zero-order valence-electron chi connectivity index (χ0n) is 13.4. The molecule has 0 radical (unpaired) electrons. The van der Waals surface area contributed by atoms with Gasteiger partial charge in [0.05, 0.1) is 11.5 Å². The van der Waals surface area contributed by atoms with E-state index in [2.05, 4.69) is 44.3 Å². The van der Waals surface area contributed by atoms with E-state index in [0.29, 0.717) is 11.5 Å². The zero-order chi connectivity index (χ0) is 15.5. The third-order valence-electron chi connectivity index (χ3n) is 4.56. The van der Waals surface area contributed by atoms with Gasteiger partial charge in [0.2, 0.25) is 0 Å². The molecule has 21 heavy (non-hydrogen) atoms. The maximum absolute atomic E-state index is 11.8. The first-order valence-electron chi connectivity index (χ1n) is 7.92. The molecule has 2 atom stereocenters. The number of hydrogen-bond acceptors (Lipinski definition) is 3. The minimum Gasteiger partial charge on any atom is -0.313 e. The highest BCUT2D eigenvalue weighted by Gasteiger charge is 2.33. The highest BCUT2D eigenvalue weighted by Crippen LogP contribution is 2.26. The van der Waals surface area contributed by atoms with Crippen molar-refractivity contribution in [1.82, 2.24) is 5.32 Å². The highest BCUT2D eigenvalue weighted by atomic mass is 32.2. The Labute approximate surface area is 129 Å². The van der Waals surface area contributed by atoms with Crippen molar-refractivity contribution in [3.05, 3.63) is 34.9 Å². The average molecular weight is 309 g/mol. The van der Waals surface area contributed by atoms with Crippen LogP contribution in [0.4, 0.5) is 0 Å². The Morgan fingerprint density at radius 1 is 1.29 bits per heavy atom. The van der Waals surface area contributed by atoms with Gasteiger partial charge in [0.15, 0.2) is 9.84 Å². The van der Waals surface area contributed by atoms with E-state index < -0.39 is 9.84 Å². The fourth-order valence-corrected chi connectivity index (χ4v) is 5.15. The van der Waals surface area contributed by atoms with Crippen LogP contribution in [0.2, 0.25) is 0 Å². The summed E-state index contributed by atoms with van der Waals surface area (Å²) in [5, 5.41) is 3.59. The summed E-state index contributed by atoms with van der Waals surface area (Å²) in [6, 6.07) is 6.64. The fraction of sp³-hybridized carbons (Fsp3) is 0.647. The fourth-order valence-electron chi connectivity index (χ4n) is 3.27. The zero-order valence-corrected chi connectivity index (χ0v) is 14.2. The number of sulfone groups is 1. The molecule has 118 valence electrons. The van der Waals surface area contributed by atoms with Crippen LogP contribution in [0.1, 0.15) is 36.5 Å². The second-order valence-corrected chi connectivity index (χ2v) is 8.53. The van der Waals surface area contributed by atoms with Gasteiger partial charge in [-0.15, -0.1) is 0 Å². The van der Waals surface area contributed by atoms with Gasteiger partial charge in [0.25, 0.3) is 0 Å². The summed E-state index contributed by atoms with van der Waals surface area (Å²) in [4.78, 5) is 0. The predicted octanol–water partition coefficient (Wildman–Crippen LogP) is 2.65. The normalized spacial score (nSPS) is 22.3. The number of hydrogen-bond donors (Lipinski definition) is 1. The SMILES string of the molecule is CCCNC(Cc1c(C)cccc1C)C1CCS(=O)(=O)C1. The van der Waals surface area contributed by atoms with Gasteiger partial charge in [0, 0.05) is 6.04 Å². The number of rotatable bonds is 6. The second-order valence-electron chi connectivity index (χ2n) is 6.30. The summed E-state index contributed by atoms with van der Waals surface area (Å²) in [5.74, 6) is 0.953. The second kappa shape index (κ2) is 6.93. The lowest BCUT2D eigenvalue weighted by Crippen LogP contribution is -2.39. The van der Waals surface area contributed by atoms with Crippen LogP contribution in [-0.4, -0.2) is 32.5 Å². The molecule has 1 fully saturated rings. The van der Waals surface area contributed by atoms with Crippen LogP contribution in [0.15, 0.2) is 18.2 Å². The van der Waals surface area contributed by atoms with Crippen molar-refractivity contribution in [1.29, 1.82) is 0 Å². The number of benzene rings is 1. The maximum Gasteiger partial charge on any atom is 0.150 e. The van der Waals surface area contributed by atoms with Crippen molar-refractivity contribution < 1.29 is 8.42 Å². The first kappa shape index (κ1) is 16.5. The van der Waals surface area contributed by atoms with E-state index in [1.807, 2.05) is 0 Å². The average Bonchev–Trinajstić information content (AvgIpc) is 2.78. The minimum atomic E-state index is -2.82. The first-order chi connectivity index (χ1) is 9.93. The van der Waals surface area contributed by atoms with Gasteiger partial charge in [-0.3, -0.25) is 0 Å². The van der Waals surface area contributed by atoms with Crippen LogP contribution in [-0.2, 0) is 16.3 Å². The molecule has 2 rings (SSSR count). The van der Waals surface area contributed by atoms with E-state index in [9.17, 15) is 8.42 Å². The van der Waals surface area contributed by atoms with Crippen molar-refractivity contribution in [2.75, 3.05) is 18.1 Å². The third kappa shape index (κ3) is 4.30. The third-order valence-corrected chi connectivity index (χ3v) is 6.36. The summed E-state index contributed by atoms with van der Waals surface area (Å²) in [5.41, 5.74) is 3.98. The van der Waals surface area contributed by atoms with E-state index in [4.69, 9.17) is 0 Å². The van der Waals surface area contributed by atoms with Crippen molar-refractivity contribution in [2.24, 2.45) is 5.92 Å². The Kier molecular flexibility index (Phi) is 5.44. The largest absolute Gasteiger partial charge is 0.313 e. The number of aryl methyl sites for hydroxylation is 2. The molecule has 1 aliphatic heterocycles. The van der Waals surface area contributed by atoms with Gasteiger partial charge in [-0.2, -0.15) is 0 Å². The first-order valence-corrected chi connectivity index (χ1v) is 9.74. The van der Waals surface area contributed by atoms with Crippen molar-refractivity contribution in [2.45, 2.75) is 46.1 Å². The van der Waals surface area contributed by atoms with Crippen LogP contribution >= 0.6 is 0 Å². The van der Waals surface area contributed by atoms with Crippen LogP contribution in [0, 0.1) is 19.8 Å². The summed E-state index contributed by atoms with van der Waals surface area (Å²) in [6.45, 7) is 7.38. The smallest absolute Gasteiger partial charge is 0.150 e. The lowest BCUT2D eigenvalue weighted by Gasteiger charge is -2.25. The van der Waals surface area contributed by atoms with Crippen LogP contribution in [0.5, 0.6) is 0 Å². The summed E-state index contributed by atoms with van der Waals surface area (Å²) >= 11 is 0. The molecule has 0 aliphatic carbocycles. The topological polar surface area (TPSA) is 46.2 Å². The molecular formula is C17H27NO2S. The molecule has 3 nitrogen and oxygen atoms in total. The molecular weight excluding hydrogens is 282 g/mol. The molecule has 0 saturated carbocycles. The van der Waals surface area contributed by atoms with Crippen LogP contribution < -0.4 is 5.32 Å². The van der Waals surface area contributed by atoms with Crippen LogP contribution in [0.25, 0.3) is 0 Å². The van der Waals surface area contributed by atoms with Crippen molar-refractivity contribution >= 4 is 9.84 Å². The molecule has 1 aromatic rings. The van der Waals surface area contributed by atoms with E-state index in [-0.39, 0.29) is 12.0 Å². The van der Waals surface area contributed by atoms with Gasteiger partial charge in [0.1, 0.15) is 0 Å². The molecule has 0 bridgehead atoms. The number of nitrogens with one attached hydrogen (secondary N) is 1. The predicted molar refractivity (Wildman–Crippen MR) is 88.5 cm³/mol. The molecule has 1 aromatic carbocycles. The molecule has 0 spiro atoms. The molecule has 0 aromatic heterocycles. The van der Waals surface area contributed by atoms with E-state index in [1.165, 1.54) is 16.7 Å². The van der Waals surface area contributed by atoms with E-state index >= 15 is 0 Å². The van der Waals surface area contributed by atoms with Crippen molar-refractivity contribution in [3.63, 3.8) is 0 Å². The van der Waals surface area contributed by atoms with Gasteiger partial charge < -0.3 is 5.32 Å². The van der Waals surface area contributed by atoms with Gasteiger partial charge in [-0.05, 0) is 62.3 Å². The lowest BCUT2D eigenvalue weighted by atomic mass is 9.89. The monoisotopic (exact) mass is 309 g/mol. The lowest BCUT2D eigenvalue weighted by molar-refractivity contribution is 0.378. The molecule has 1 saturated heterocycles. The highest BCUT2D eigenvalue weighted by molar-refractivity contribution is 7.91. The van der Waals surface area contributed by atoms with Gasteiger partial charge in [-0.1, -0.05) is 25.1 Å². The summed E-state index contributed by atoms with van der Waals surface area (Å²) < 4.78 is 23.6. The Morgan fingerprint density at radius 2 is 1.95 bits per heavy atom. The molecule has 4 heteroatoms. The Bertz CT molecular complexity index is 560. The Hall–Kier alpha value is -0.870. The Morgan fingerprint density at radius 3 is 2.48 bits per heavy atom. The summed E-state index contributed by atoms with van der Waals surface area (Å²) in [6.07, 6.45) is 2.80. The van der Waals surface area contributed by atoms with Crippen molar-refractivity contribution in [3.8, 4) is 0 Å². The Balaban J connectivity index is 2.17. The summed E-state index contributed by atoms with van der Waals surface area (Å²) in [7, 11) is -2.82. The van der Waals surface area contributed by atoms with Gasteiger partial charge in [-0.25, -0.2) is 8.42 Å². The molecule has 0 amide bonds. The molecule has 2 unspecified atom stereocenters. The molecule has 1 heterocycles.